The Morgan fingerprint density at radius 2 is 1.79 bits per heavy atom. The molecule has 0 spiro atoms. The second-order valence-corrected chi connectivity index (χ2v) is 8.42. The average Bonchev–Trinajstić information content (AvgIpc) is 2.85. The molecule has 6 nitrogen and oxygen atoms in total. The van der Waals surface area contributed by atoms with Crippen LogP contribution in [0.3, 0.4) is 0 Å². The number of hydrogen-bond acceptors (Lipinski definition) is 6. The Hall–Kier alpha value is -3.33. The van der Waals surface area contributed by atoms with Gasteiger partial charge in [0.15, 0.2) is 17.4 Å². The molecule has 1 N–H and O–H groups in total. The van der Waals surface area contributed by atoms with Crippen molar-refractivity contribution in [3.8, 4) is 17.0 Å². The molecule has 1 aromatic heterocycles. The van der Waals surface area contributed by atoms with Crippen LogP contribution in [0.25, 0.3) is 11.3 Å². The Labute approximate surface area is 196 Å². The molecule has 2 aliphatic rings. The van der Waals surface area contributed by atoms with Gasteiger partial charge in [0.2, 0.25) is 0 Å². The van der Waals surface area contributed by atoms with Crippen LogP contribution in [-0.2, 0) is 6.42 Å². The van der Waals surface area contributed by atoms with Gasteiger partial charge >= 0.3 is 0 Å². The predicted octanol–water partition coefficient (Wildman–Crippen LogP) is 3.78. The topological polar surface area (TPSA) is 53.5 Å². The van der Waals surface area contributed by atoms with Gasteiger partial charge in [0.05, 0.1) is 24.1 Å². The van der Waals surface area contributed by atoms with Crippen LogP contribution >= 0.6 is 0 Å². The molecule has 0 bridgehead atoms. The maximum atomic E-state index is 14.8. The number of nitrogens with zero attached hydrogens (tertiary/aromatic N) is 4. The number of nitrogens with one attached hydrogen (secondary N) is 1. The van der Waals surface area contributed by atoms with Crippen molar-refractivity contribution in [1.29, 1.82) is 0 Å². The van der Waals surface area contributed by atoms with E-state index in [9.17, 15) is 13.2 Å². The first-order valence-electron chi connectivity index (χ1n) is 11.5. The fraction of sp³-hybridized carbons (Fsp3) is 0.360. The van der Waals surface area contributed by atoms with Crippen LogP contribution < -0.4 is 19.9 Å². The van der Waals surface area contributed by atoms with E-state index in [2.05, 4.69) is 15.3 Å². The molecular formula is C25H26F3N5O. The highest BCUT2D eigenvalue weighted by atomic mass is 19.1. The number of fused-ring (bicyclic) bond motifs is 1. The fourth-order valence-electron chi connectivity index (χ4n) is 4.50. The molecule has 5 rings (SSSR count). The Morgan fingerprint density at radius 3 is 2.56 bits per heavy atom. The predicted molar refractivity (Wildman–Crippen MR) is 125 cm³/mol. The number of halogens is 3. The second kappa shape index (κ2) is 9.50. The normalized spacial score (nSPS) is 15.8. The lowest BCUT2D eigenvalue weighted by molar-refractivity contribution is 0.292. The van der Waals surface area contributed by atoms with Crippen molar-refractivity contribution in [1.82, 2.24) is 15.3 Å². The summed E-state index contributed by atoms with van der Waals surface area (Å²) in [4.78, 5) is 12.4. The molecule has 0 atom stereocenters. The van der Waals surface area contributed by atoms with E-state index in [4.69, 9.17) is 4.74 Å². The van der Waals surface area contributed by atoms with Gasteiger partial charge in [0.25, 0.3) is 0 Å². The summed E-state index contributed by atoms with van der Waals surface area (Å²) in [5.74, 6) is -1.02. The average molecular weight is 470 g/mol. The van der Waals surface area contributed by atoms with Crippen LogP contribution in [0.5, 0.6) is 5.75 Å². The van der Waals surface area contributed by atoms with E-state index in [0.717, 1.165) is 32.4 Å². The SMILES string of the molecule is CCN1CCOc2c(F)cc(-c3nc(Cc4ccc(N5CCNCC5)c(F)c4)ncc3F)cc21. The zero-order chi connectivity index (χ0) is 23.7. The van der Waals surface area contributed by atoms with Gasteiger partial charge in [-0.2, -0.15) is 0 Å². The van der Waals surface area contributed by atoms with E-state index in [-0.39, 0.29) is 23.7 Å². The largest absolute Gasteiger partial charge is 0.486 e. The minimum atomic E-state index is -0.650. The minimum absolute atomic E-state index is 0.00577. The third-order valence-corrected chi connectivity index (χ3v) is 6.25. The highest BCUT2D eigenvalue weighted by Gasteiger charge is 2.23. The molecule has 0 aliphatic carbocycles. The molecule has 0 unspecified atom stereocenters. The number of ether oxygens (including phenoxy) is 1. The van der Waals surface area contributed by atoms with E-state index in [0.29, 0.717) is 48.0 Å². The van der Waals surface area contributed by atoms with Crippen molar-refractivity contribution in [2.75, 3.05) is 55.7 Å². The van der Waals surface area contributed by atoms with Gasteiger partial charge in [-0.15, -0.1) is 0 Å². The quantitative estimate of drug-likeness (QED) is 0.614. The van der Waals surface area contributed by atoms with Gasteiger partial charge < -0.3 is 19.9 Å². The van der Waals surface area contributed by atoms with Gasteiger partial charge in [0.1, 0.15) is 23.9 Å². The summed E-state index contributed by atoms with van der Waals surface area (Å²) in [5, 5.41) is 3.25. The van der Waals surface area contributed by atoms with Gasteiger partial charge in [0, 0.05) is 44.7 Å². The number of piperazine rings is 1. The first kappa shape index (κ1) is 22.5. The molecule has 1 fully saturated rings. The maximum absolute atomic E-state index is 14.8. The van der Waals surface area contributed by atoms with Crippen LogP contribution in [0.15, 0.2) is 36.5 Å². The Bertz CT molecular complexity index is 1200. The number of rotatable bonds is 5. The second-order valence-electron chi connectivity index (χ2n) is 8.42. The number of anilines is 2. The van der Waals surface area contributed by atoms with Gasteiger partial charge in [-0.05, 0) is 36.8 Å². The van der Waals surface area contributed by atoms with Crippen LogP contribution in [0.4, 0.5) is 24.5 Å². The van der Waals surface area contributed by atoms with E-state index in [1.54, 1.807) is 12.1 Å². The Morgan fingerprint density at radius 1 is 0.971 bits per heavy atom. The smallest absolute Gasteiger partial charge is 0.178 e. The van der Waals surface area contributed by atoms with Crippen molar-refractivity contribution in [2.24, 2.45) is 0 Å². The van der Waals surface area contributed by atoms with E-state index in [1.807, 2.05) is 22.8 Å². The summed E-state index contributed by atoms with van der Waals surface area (Å²) >= 11 is 0. The number of likely N-dealkylation sites (N-methyl/N-ethyl adjacent to an activating group) is 1. The van der Waals surface area contributed by atoms with E-state index < -0.39 is 11.6 Å². The van der Waals surface area contributed by atoms with Crippen molar-refractivity contribution in [3.63, 3.8) is 0 Å². The first-order valence-corrected chi connectivity index (χ1v) is 11.5. The Balaban J connectivity index is 1.43. The van der Waals surface area contributed by atoms with Crippen LogP contribution in [0.1, 0.15) is 18.3 Å². The molecule has 2 aromatic carbocycles. The zero-order valence-electron chi connectivity index (χ0n) is 19.0. The number of hydrogen-bond donors (Lipinski definition) is 1. The lowest BCUT2D eigenvalue weighted by Gasteiger charge is -2.30. The van der Waals surface area contributed by atoms with Gasteiger partial charge in [-0.3, -0.25) is 0 Å². The van der Waals surface area contributed by atoms with Crippen molar-refractivity contribution < 1.29 is 17.9 Å². The van der Waals surface area contributed by atoms with Gasteiger partial charge in [-0.25, -0.2) is 23.1 Å². The summed E-state index contributed by atoms with van der Waals surface area (Å²) in [6, 6.07) is 7.99. The molecule has 0 amide bonds. The van der Waals surface area contributed by atoms with Crippen LogP contribution in [0, 0.1) is 17.5 Å². The van der Waals surface area contributed by atoms with Crippen molar-refractivity contribution in [2.45, 2.75) is 13.3 Å². The molecule has 2 aliphatic heterocycles. The van der Waals surface area contributed by atoms with Crippen LogP contribution in [0.2, 0.25) is 0 Å². The summed E-state index contributed by atoms with van der Waals surface area (Å²) in [7, 11) is 0. The third-order valence-electron chi connectivity index (χ3n) is 6.25. The number of benzene rings is 2. The summed E-state index contributed by atoms with van der Waals surface area (Å²) in [5.41, 5.74) is 2.14. The highest BCUT2D eigenvalue weighted by Crippen LogP contribution is 2.38. The monoisotopic (exact) mass is 469 g/mol. The van der Waals surface area contributed by atoms with Gasteiger partial charge in [-0.1, -0.05) is 6.07 Å². The molecule has 3 aromatic rings. The fourth-order valence-corrected chi connectivity index (χ4v) is 4.50. The third kappa shape index (κ3) is 4.40. The molecule has 0 saturated carbocycles. The summed E-state index contributed by atoms with van der Waals surface area (Å²) in [6.07, 6.45) is 1.30. The Kier molecular flexibility index (Phi) is 6.28. The molecule has 1 saturated heterocycles. The van der Waals surface area contributed by atoms with Crippen molar-refractivity contribution in [3.05, 3.63) is 65.4 Å². The molecular weight excluding hydrogens is 443 g/mol. The van der Waals surface area contributed by atoms with Crippen LogP contribution in [-0.4, -0.2) is 55.8 Å². The molecule has 178 valence electrons. The lowest BCUT2D eigenvalue weighted by Crippen LogP contribution is -2.43. The maximum Gasteiger partial charge on any atom is 0.178 e. The molecule has 34 heavy (non-hydrogen) atoms. The lowest BCUT2D eigenvalue weighted by atomic mass is 10.1. The number of aromatic nitrogens is 2. The summed E-state index contributed by atoms with van der Waals surface area (Å²) in [6.45, 7) is 6.79. The van der Waals surface area contributed by atoms with E-state index in [1.165, 1.54) is 12.1 Å². The minimum Gasteiger partial charge on any atom is -0.486 e. The highest BCUT2D eigenvalue weighted by molar-refractivity contribution is 5.72. The van der Waals surface area contributed by atoms with E-state index >= 15 is 0 Å². The standard InChI is InChI=1S/C25H26F3N5O/c1-2-32-9-10-34-25-19(27)13-17(14-22(25)32)24-20(28)15-30-23(31-24)12-16-3-4-21(18(26)11-16)33-7-5-29-6-8-33/h3-4,11,13-15,29H,2,5-10,12H2,1H3. The first-order chi connectivity index (χ1) is 16.5. The summed E-state index contributed by atoms with van der Waals surface area (Å²) < 4.78 is 49.8. The molecule has 3 heterocycles. The molecule has 9 heteroatoms. The zero-order valence-corrected chi connectivity index (χ0v) is 19.0. The molecule has 0 radical (unpaired) electrons. The van der Waals surface area contributed by atoms with Crippen molar-refractivity contribution >= 4 is 11.4 Å².